The Balaban J connectivity index is 2.13. The van der Waals surface area contributed by atoms with Gasteiger partial charge in [0.15, 0.2) is 0 Å². The number of hydrogen-bond donors (Lipinski definition) is 0. The van der Waals surface area contributed by atoms with Crippen LogP contribution in [0.2, 0.25) is 0 Å². The van der Waals surface area contributed by atoms with Crippen LogP contribution in [0.3, 0.4) is 0 Å². The smallest absolute Gasteiger partial charge is 0.0100 e. The van der Waals surface area contributed by atoms with Gasteiger partial charge in [0.25, 0.3) is 0 Å². The summed E-state index contributed by atoms with van der Waals surface area (Å²) in [5.74, 6) is 0. The molecule has 0 unspecified atom stereocenters. The van der Waals surface area contributed by atoms with E-state index in [0.717, 1.165) is 0 Å². The molecule has 0 atom stereocenters. The van der Waals surface area contributed by atoms with E-state index in [1.165, 1.54) is 35.1 Å². The molecule has 1 aliphatic rings. The summed E-state index contributed by atoms with van der Waals surface area (Å²) in [6.45, 7) is 14.1. The maximum absolute atomic E-state index is 2.47. The summed E-state index contributed by atoms with van der Waals surface area (Å²) in [7, 11) is 0. The molecule has 0 spiro atoms. The van der Waals surface area contributed by atoms with E-state index in [-0.39, 0.29) is 10.8 Å². The van der Waals surface area contributed by atoms with Crippen molar-refractivity contribution in [1.82, 2.24) is 0 Å². The van der Waals surface area contributed by atoms with Crippen molar-refractivity contribution in [3.8, 4) is 0 Å². The average Bonchev–Trinajstić information content (AvgIpc) is 2.52. The van der Waals surface area contributed by atoms with Crippen LogP contribution in [0.25, 0.3) is 11.6 Å². The summed E-state index contributed by atoms with van der Waals surface area (Å²) in [4.78, 5) is 0. The standard InChI is InChI=1S/C24H30/c1-17(14-19-10-8-7-9-11-19)20-16-22-21(15-18(20)2)23(3,4)12-13-24(22,5)6/h7-11,14-16H,12-13H2,1-6H3/b17-14+. The molecule has 24 heavy (non-hydrogen) atoms. The number of fused-ring (bicyclic) bond motifs is 1. The zero-order valence-corrected chi connectivity index (χ0v) is 16.0. The quantitative estimate of drug-likeness (QED) is 0.528. The summed E-state index contributed by atoms with van der Waals surface area (Å²) >= 11 is 0. The summed E-state index contributed by atoms with van der Waals surface area (Å²) in [6.07, 6.45) is 4.83. The second kappa shape index (κ2) is 5.92. The molecule has 2 aromatic carbocycles. The lowest BCUT2D eigenvalue weighted by Gasteiger charge is -2.42. The van der Waals surface area contributed by atoms with Crippen LogP contribution < -0.4 is 0 Å². The number of benzene rings is 2. The largest absolute Gasteiger partial charge is 0.0622 e. The van der Waals surface area contributed by atoms with Crippen LogP contribution in [0.15, 0.2) is 42.5 Å². The van der Waals surface area contributed by atoms with Crippen LogP contribution in [-0.2, 0) is 10.8 Å². The van der Waals surface area contributed by atoms with Crippen molar-refractivity contribution >= 4 is 11.6 Å². The molecule has 0 heterocycles. The van der Waals surface area contributed by atoms with Gasteiger partial charge in [-0.05, 0) is 70.9 Å². The zero-order valence-electron chi connectivity index (χ0n) is 16.0. The molecule has 0 radical (unpaired) electrons. The van der Waals surface area contributed by atoms with Crippen molar-refractivity contribution in [2.45, 2.75) is 65.2 Å². The Morgan fingerprint density at radius 3 is 2.00 bits per heavy atom. The normalized spacial score (nSPS) is 19.0. The molecule has 0 saturated heterocycles. The van der Waals surface area contributed by atoms with Crippen LogP contribution in [0.4, 0.5) is 0 Å². The van der Waals surface area contributed by atoms with E-state index in [2.05, 4.69) is 90.1 Å². The Kier molecular flexibility index (Phi) is 4.20. The topological polar surface area (TPSA) is 0 Å². The fourth-order valence-electron chi connectivity index (χ4n) is 4.02. The van der Waals surface area contributed by atoms with Crippen molar-refractivity contribution in [3.05, 3.63) is 70.3 Å². The summed E-state index contributed by atoms with van der Waals surface area (Å²) in [6, 6.07) is 15.5. The molecular weight excluding hydrogens is 288 g/mol. The lowest BCUT2D eigenvalue weighted by Crippen LogP contribution is -2.34. The molecule has 3 rings (SSSR count). The van der Waals surface area contributed by atoms with Gasteiger partial charge < -0.3 is 0 Å². The second-order valence-corrected chi connectivity index (χ2v) is 8.72. The molecule has 0 fully saturated rings. The zero-order chi connectivity index (χ0) is 17.5. The lowest BCUT2D eigenvalue weighted by molar-refractivity contribution is 0.331. The number of rotatable bonds is 2. The van der Waals surface area contributed by atoms with Gasteiger partial charge in [0, 0.05) is 0 Å². The highest BCUT2D eigenvalue weighted by Crippen LogP contribution is 2.47. The molecular formula is C24H30. The minimum atomic E-state index is 0.264. The molecule has 2 aromatic rings. The van der Waals surface area contributed by atoms with Crippen molar-refractivity contribution < 1.29 is 0 Å². The first-order valence-corrected chi connectivity index (χ1v) is 9.10. The molecule has 0 nitrogen and oxygen atoms in total. The van der Waals surface area contributed by atoms with Gasteiger partial charge in [0.1, 0.15) is 0 Å². The van der Waals surface area contributed by atoms with Crippen LogP contribution in [-0.4, -0.2) is 0 Å². The van der Waals surface area contributed by atoms with E-state index in [4.69, 9.17) is 0 Å². The lowest BCUT2D eigenvalue weighted by atomic mass is 9.62. The number of allylic oxidation sites excluding steroid dienone is 1. The van der Waals surface area contributed by atoms with Gasteiger partial charge in [-0.1, -0.05) is 76.2 Å². The van der Waals surface area contributed by atoms with Crippen molar-refractivity contribution in [2.75, 3.05) is 0 Å². The third kappa shape index (κ3) is 3.07. The van der Waals surface area contributed by atoms with Crippen LogP contribution in [0.5, 0.6) is 0 Å². The third-order valence-electron chi connectivity index (χ3n) is 5.81. The highest BCUT2D eigenvalue weighted by molar-refractivity contribution is 5.82. The first-order chi connectivity index (χ1) is 11.2. The van der Waals surface area contributed by atoms with Crippen molar-refractivity contribution in [1.29, 1.82) is 0 Å². The maximum atomic E-state index is 2.47. The van der Waals surface area contributed by atoms with Gasteiger partial charge in [0.05, 0.1) is 0 Å². The van der Waals surface area contributed by atoms with Gasteiger partial charge in [0.2, 0.25) is 0 Å². The Morgan fingerprint density at radius 2 is 1.42 bits per heavy atom. The van der Waals surface area contributed by atoms with E-state index >= 15 is 0 Å². The van der Waals surface area contributed by atoms with Gasteiger partial charge >= 0.3 is 0 Å². The predicted molar refractivity (Wildman–Crippen MR) is 106 cm³/mol. The van der Waals surface area contributed by atoms with E-state index in [9.17, 15) is 0 Å². The maximum Gasteiger partial charge on any atom is -0.0100 e. The molecule has 0 amide bonds. The van der Waals surface area contributed by atoms with Crippen molar-refractivity contribution in [2.24, 2.45) is 0 Å². The summed E-state index contributed by atoms with van der Waals surface area (Å²) < 4.78 is 0. The summed E-state index contributed by atoms with van der Waals surface area (Å²) in [5, 5.41) is 0. The fraction of sp³-hybridized carbons (Fsp3) is 0.417. The first kappa shape index (κ1) is 17.0. The molecule has 0 aromatic heterocycles. The van der Waals surface area contributed by atoms with E-state index < -0.39 is 0 Å². The summed E-state index contributed by atoms with van der Waals surface area (Å²) in [5.41, 5.74) is 9.04. The minimum Gasteiger partial charge on any atom is -0.0622 e. The Hall–Kier alpha value is -1.82. The van der Waals surface area contributed by atoms with Crippen LogP contribution >= 0.6 is 0 Å². The Morgan fingerprint density at radius 1 is 0.875 bits per heavy atom. The minimum absolute atomic E-state index is 0.264. The number of hydrogen-bond acceptors (Lipinski definition) is 0. The average molecular weight is 319 g/mol. The molecule has 0 aliphatic heterocycles. The van der Waals surface area contributed by atoms with Crippen LogP contribution in [0.1, 0.15) is 75.3 Å². The molecule has 1 aliphatic carbocycles. The molecule has 0 heteroatoms. The van der Waals surface area contributed by atoms with Gasteiger partial charge in [-0.15, -0.1) is 0 Å². The van der Waals surface area contributed by atoms with E-state index in [1.807, 2.05) is 0 Å². The molecule has 0 saturated carbocycles. The third-order valence-corrected chi connectivity index (χ3v) is 5.81. The van der Waals surface area contributed by atoms with Gasteiger partial charge in [-0.2, -0.15) is 0 Å². The van der Waals surface area contributed by atoms with E-state index in [0.29, 0.717) is 0 Å². The van der Waals surface area contributed by atoms with Crippen molar-refractivity contribution in [3.63, 3.8) is 0 Å². The molecule has 126 valence electrons. The highest BCUT2D eigenvalue weighted by Gasteiger charge is 2.37. The highest BCUT2D eigenvalue weighted by atomic mass is 14.4. The van der Waals surface area contributed by atoms with E-state index in [1.54, 1.807) is 11.1 Å². The second-order valence-electron chi connectivity index (χ2n) is 8.72. The van der Waals surface area contributed by atoms with Gasteiger partial charge in [-0.3, -0.25) is 0 Å². The molecule has 0 N–H and O–H groups in total. The van der Waals surface area contributed by atoms with Gasteiger partial charge in [-0.25, -0.2) is 0 Å². The number of aryl methyl sites for hydroxylation is 1. The molecule has 0 bridgehead atoms. The Labute approximate surface area is 147 Å². The fourth-order valence-corrected chi connectivity index (χ4v) is 4.02. The monoisotopic (exact) mass is 318 g/mol. The predicted octanol–water partition coefficient (Wildman–Crippen LogP) is 6.90. The SMILES string of the molecule is C/C(=C\c1ccccc1)c1cc2c(cc1C)C(C)(C)CCC2(C)C. The Bertz CT molecular complexity index is 773. The van der Waals surface area contributed by atoms with Crippen LogP contribution in [0, 0.1) is 6.92 Å². The first-order valence-electron chi connectivity index (χ1n) is 9.10.